The van der Waals surface area contributed by atoms with E-state index in [1.807, 2.05) is 43.0 Å². The highest BCUT2D eigenvalue weighted by atomic mass is 32.2. The number of hydrogen-bond donors (Lipinski definition) is 0. The standard InChI is InChI=1S/C21H23N3O4S2/c1-5-22-17(25)16(18(26)23(6-2)21(22)29)19-24(11-12-28-20(27)13(3)4)14-9-7-8-10-15(14)30-19/h7-10H,3,5-6,11-12H2,1-2,4H3/p+1. The van der Waals surface area contributed by atoms with E-state index in [4.69, 9.17) is 17.0 Å². The Morgan fingerprint density at radius 2 is 1.73 bits per heavy atom. The number of carbonyl (C=O) groups is 2. The monoisotopic (exact) mass is 446 g/mol. The second-order valence-electron chi connectivity index (χ2n) is 6.72. The van der Waals surface area contributed by atoms with Gasteiger partial charge in [-0.25, -0.2) is 0 Å². The molecule has 1 N–H and O–H groups in total. The number of esters is 1. The van der Waals surface area contributed by atoms with Gasteiger partial charge in [-0.2, -0.15) is 0 Å². The van der Waals surface area contributed by atoms with Gasteiger partial charge in [-0.15, -0.1) is 0 Å². The van der Waals surface area contributed by atoms with Crippen molar-refractivity contribution in [2.24, 2.45) is 0 Å². The number of thiocarbonyl (C=S) groups is 1. The zero-order chi connectivity index (χ0) is 22.0. The summed E-state index contributed by atoms with van der Waals surface area (Å²) in [6, 6.07) is 7.67. The molecule has 1 fully saturated rings. The molecule has 2 aliphatic heterocycles. The fraction of sp³-hybridized carbons (Fsp3) is 0.333. The topological polar surface area (TPSA) is 74.5 Å². The van der Waals surface area contributed by atoms with Crippen molar-refractivity contribution >= 4 is 52.6 Å². The molecule has 158 valence electrons. The molecule has 0 aliphatic carbocycles. The molecule has 0 unspecified atom stereocenters. The van der Waals surface area contributed by atoms with Gasteiger partial charge in [0.15, 0.2) is 5.11 Å². The van der Waals surface area contributed by atoms with E-state index < -0.39 is 11.8 Å². The SMILES string of the molecule is C=C(C)C(=[OH+])OCCN1C(=C2C(=O)N(CC)C(=S)N(CC)C2=O)Sc2ccccc21. The average molecular weight is 447 g/mol. The summed E-state index contributed by atoms with van der Waals surface area (Å²) in [5.41, 5.74) is 1.40. The number of thioether (sulfide) groups is 1. The minimum absolute atomic E-state index is 0.0987. The van der Waals surface area contributed by atoms with E-state index in [2.05, 4.69) is 6.58 Å². The third-order valence-electron chi connectivity index (χ3n) is 4.75. The van der Waals surface area contributed by atoms with Gasteiger partial charge < -0.3 is 14.4 Å². The molecule has 2 amide bonds. The lowest BCUT2D eigenvalue weighted by molar-refractivity contribution is -0.133. The molecule has 0 spiro atoms. The van der Waals surface area contributed by atoms with Crippen LogP contribution >= 0.6 is 24.0 Å². The highest BCUT2D eigenvalue weighted by Crippen LogP contribution is 2.47. The summed E-state index contributed by atoms with van der Waals surface area (Å²) in [6.45, 7) is 10.2. The molecule has 1 aromatic rings. The van der Waals surface area contributed by atoms with E-state index in [0.717, 1.165) is 10.6 Å². The smallest absolute Gasteiger partial charge is 0.335 e. The summed E-state index contributed by atoms with van der Waals surface area (Å²) in [5, 5.41) is 0.778. The first-order valence-corrected chi connectivity index (χ1v) is 10.8. The van der Waals surface area contributed by atoms with Crippen LogP contribution in [0.25, 0.3) is 0 Å². The van der Waals surface area contributed by atoms with Gasteiger partial charge in [-0.3, -0.25) is 19.4 Å². The third-order valence-corrected chi connectivity index (χ3v) is 6.38. The summed E-state index contributed by atoms with van der Waals surface area (Å²) >= 11 is 6.73. The van der Waals surface area contributed by atoms with Gasteiger partial charge in [0, 0.05) is 18.0 Å². The van der Waals surface area contributed by atoms with Crippen LogP contribution in [0, 0.1) is 0 Å². The van der Waals surface area contributed by atoms with E-state index in [-0.39, 0.29) is 23.3 Å². The van der Waals surface area contributed by atoms with Crippen molar-refractivity contribution in [1.82, 2.24) is 9.80 Å². The molecule has 2 aliphatic rings. The van der Waals surface area contributed by atoms with Gasteiger partial charge in [-0.05, 0) is 45.1 Å². The van der Waals surface area contributed by atoms with Gasteiger partial charge in [-0.1, -0.05) is 30.5 Å². The fourth-order valence-corrected chi connectivity index (χ4v) is 4.86. The van der Waals surface area contributed by atoms with Gasteiger partial charge in [0.2, 0.25) is 6.61 Å². The number of benzene rings is 1. The maximum absolute atomic E-state index is 13.2. The number of fused-ring (bicyclic) bond motifs is 1. The van der Waals surface area contributed by atoms with Crippen LogP contribution < -0.4 is 4.90 Å². The summed E-state index contributed by atoms with van der Waals surface area (Å²) in [6.07, 6.45) is 0. The number of likely N-dealkylation sites (N-methyl/N-ethyl adjacent to an activating group) is 2. The highest BCUT2D eigenvalue weighted by Gasteiger charge is 2.43. The number of rotatable bonds is 6. The number of nitrogens with zero attached hydrogens (tertiary/aromatic N) is 3. The summed E-state index contributed by atoms with van der Waals surface area (Å²) in [7, 11) is 0. The molecule has 7 nitrogen and oxygen atoms in total. The van der Waals surface area contributed by atoms with Crippen LogP contribution in [0.3, 0.4) is 0 Å². The Balaban J connectivity index is 2.02. The van der Waals surface area contributed by atoms with E-state index in [1.54, 1.807) is 6.92 Å². The zero-order valence-corrected chi connectivity index (χ0v) is 18.8. The largest absolute Gasteiger partial charge is 0.512 e. The van der Waals surface area contributed by atoms with Gasteiger partial charge in [0.1, 0.15) is 5.57 Å². The molecule has 3 rings (SSSR count). The third kappa shape index (κ3) is 3.87. The first-order valence-electron chi connectivity index (χ1n) is 9.62. The maximum Gasteiger partial charge on any atom is 0.512 e. The Morgan fingerprint density at radius 1 is 1.13 bits per heavy atom. The predicted octanol–water partition coefficient (Wildman–Crippen LogP) is 2.90. The first kappa shape index (κ1) is 22.0. The number of para-hydroxylation sites is 1. The van der Waals surface area contributed by atoms with E-state index >= 15 is 0 Å². The molecule has 0 aromatic heterocycles. The van der Waals surface area contributed by atoms with Crippen molar-refractivity contribution < 1.29 is 19.1 Å². The van der Waals surface area contributed by atoms with Crippen LogP contribution in [0.5, 0.6) is 0 Å². The minimum atomic E-state index is -0.394. The van der Waals surface area contributed by atoms with Crippen LogP contribution in [0.2, 0.25) is 0 Å². The maximum atomic E-state index is 13.2. The Kier molecular flexibility index (Phi) is 6.62. The van der Waals surface area contributed by atoms with Crippen molar-refractivity contribution in [2.75, 3.05) is 31.1 Å². The van der Waals surface area contributed by atoms with E-state index in [0.29, 0.717) is 30.2 Å². The normalized spacial score (nSPS) is 16.4. The summed E-state index contributed by atoms with van der Waals surface area (Å²) in [5.74, 6) is -1.02. The fourth-order valence-electron chi connectivity index (χ4n) is 3.22. The van der Waals surface area contributed by atoms with Crippen molar-refractivity contribution in [3.8, 4) is 0 Å². The Labute approximate surface area is 185 Å². The van der Waals surface area contributed by atoms with E-state index in [1.165, 1.54) is 21.6 Å². The van der Waals surface area contributed by atoms with Crippen LogP contribution in [0.15, 0.2) is 51.9 Å². The van der Waals surface area contributed by atoms with Gasteiger partial charge in [0.05, 0.1) is 22.8 Å². The molecule has 0 saturated carbocycles. The van der Waals surface area contributed by atoms with Crippen LogP contribution in [0.4, 0.5) is 5.69 Å². The molecule has 0 bridgehead atoms. The number of hydrogen-bond acceptors (Lipinski definition) is 6. The summed E-state index contributed by atoms with van der Waals surface area (Å²) in [4.78, 5) is 41.9. The van der Waals surface area contributed by atoms with Gasteiger partial charge in [0.25, 0.3) is 11.8 Å². The molecule has 30 heavy (non-hydrogen) atoms. The lowest BCUT2D eigenvalue weighted by Crippen LogP contribution is -2.56. The van der Waals surface area contributed by atoms with Crippen LogP contribution in [-0.2, 0) is 14.3 Å². The van der Waals surface area contributed by atoms with Gasteiger partial charge >= 0.3 is 5.97 Å². The Hall–Kier alpha value is -2.65. The average Bonchev–Trinajstić information content (AvgIpc) is 3.06. The second kappa shape index (κ2) is 9.01. The van der Waals surface area contributed by atoms with Crippen molar-refractivity contribution in [3.05, 3.63) is 47.0 Å². The Morgan fingerprint density at radius 3 is 2.30 bits per heavy atom. The first-order chi connectivity index (χ1) is 14.3. The molecule has 0 atom stereocenters. The molecule has 1 aromatic carbocycles. The zero-order valence-electron chi connectivity index (χ0n) is 17.2. The second-order valence-corrected chi connectivity index (χ2v) is 8.11. The summed E-state index contributed by atoms with van der Waals surface area (Å²) < 4.78 is 5.36. The quantitative estimate of drug-likeness (QED) is 0.220. The van der Waals surface area contributed by atoms with Crippen LogP contribution in [0.1, 0.15) is 20.8 Å². The lowest BCUT2D eigenvalue weighted by Gasteiger charge is -2.36. The molecule has 0 radical (unpaired) electrons. The molecular formula is C21H24N3O4S2+. The van der Waals surface area contributed by atoms with Crippen molar-refractivity contribution in [1.29, 1.82) is 0 Å². The molecule has 9 heteroatoms. The Bertz CT molecular complexity index is 945. The van der Waals surface area contributed by atoms with E-state index in [9.17, 15) is 14.4 Å². The molecule has 1 saturated heterocycles. The lowest BCUT2D eigenvalue weighted by atomic mass is 10.1. The molecule has 2 heterocycles. The number of amides is 2. The highest BCUT2D eigenvalue weighted by molar-refractivity contribution is 8.03. The number of anilines is 1. The van der Waals surface area contributed by atoms with Crippen LogP contribution in [-0.4, -0.2) is 63.7 Å². The predicted molar refractivity (Wildman–Crippen MR) is 122 cm³/mol. The van der Waals surface area contributed by atoms with Crippen molar-refractivity contribution in [2.45, 2.75) is 25.7 Å². The number of carbonyl (C=O) groups excluding carboxylic acids is 3. The minimum Gasteiger partial charge on any atom is -0.335 e. The molecular weight excluding hydrogens is 422 g/mol. The van der Waals surface area contributed by atoms with Crippen molar-refractivity contribution in [3.63, 3.8) is 0 Å². The number of ether oxygens (including phenoxy) is 1.